The molecule has 1 aliphatic heterocycles. The van der Waals surface area contributed by atoms with Crippen LogP contribution in [0.25, 0.3) is 0 Å². The SMILES string of the molecule is COC(=O)C1=C(C(=O)OC)N(c2ccc(Cl)cc2C(=O)Nc2cccc(F)c2)C=CC=C1. The Balaban J connectivity index is 2.14. The van der Waals surface area contributed by atoms with Crippen molar-refractivity contribution in [3.05, 3.63) is 94.6 Å². The highest BCUT2D eigenvalue weighted by Gasteiger charge is 2.29. The number of ether oxygens (including phenoxy) is 2. The van der Waals surface area contributed by atoms with Crippen LogP contribution in [0.4, 0.5) is 15.8 Å². The van der Waals surface area contributed by atoms with E-state index in [1.54, 1.807) is 6.08 Å². The van der Waals surface area contributed by atoms with Crippen LogP contribution in [-0.2, 0) is 19.1 Å². The van der Waals surface area contributed by atoms with Crippen molar-refractivity contribution in [1.82, 2.24) is 0 Å². The highest BCUT2D eigenvalue weighted by Crippen LogP contribution is 2.31. The van der Waals surface area contributed by atoms with E-state index in [9.17, 15) is 18.8 Å². The average Bonchev–Trinajstić information content (AvgIpc) is 3.01. The summed E-state index contributed by atoms with van der Waals surface area (Å²) in [6.45, 7) is 0. The third kappa shape index (κ3) is 4.87. The zero-order valence-electron chi connectivity index (χ0n) is 17.1. The van der Waals surface area contributed by atoms with Crippen molar-refractivity contribution in [3.8, 4) is 0 Å². The Kier molecular flexibility index (Phi) is 7.07. The first-order valence-electron chi connectivity index (χ1n) is 9.27. The second-order valence-electron chi connectivity index (χ2n) is 6.44. The second kappa shape index (κ2) is 9.93. The third-order valence-corrected chi connectivity index (χ3v) is 4.67. The van der Waals surface area contributed by atoms with Crippen LogP contribution in [0.3, 0.4) is 0 Å². The molecule has 2 aromatic rings. The van der Waals surface area contributed by atoms with Crippen molar-refractivity contribution >= 4 is 40.8 Å². The minimum absolute atomic E-state index is 0.0685. The summed E-state index contributed by atoms with van der Waals surface area (Å²) in [6.07, 6.45) is 6.00. The van der Waals surface area contributed by atoms with E-state index in [1.165, 1.54) is 73.9 Å². The molecule has 32 heavy (non-hydrogen) atoms. The van der Waals surface area contributed by atoms with Crippen LogP contribution in [-0.4, -0.2) is 32.1 Å². The highest BCUT2D eigenvalue weighted by molar-refractivity contribution is 6.31. The number of methoxy groups -OCH3 is 2. The number of halogens is 2. The number of carbonyl (C=O) groups excluding carboxylic acids is 3. The summed E-state index contributed by atoms with van der Waals surface area (Å²) in [5.41, 5.74) is 0.291. The fourth-order valence-electron chi connectivity index (χ4n) is 3.02. The molecule has 0 saturated heterocycles. The summed E-state index contributed by atoms with van der Waals surface area (Å²) in [6, 6.07) is 9.81. The Hall–Kier alpha value is -3.91. The zero-order valence-corrected chi connectivity index (χ0v) is 17.9. The number of hydrogen-bond donors (Lipinski definition) is 1. The molecule has 1 heterocycles. The van der Waals surface area contributed by atoms with E-state index in [4.69, 9.17) is 21.1 Å². The molecule has 3 rings (SSSR count). The molecule has 7 nitrogen and oxygen atoms in total. The summed E-state index contributed by atoms with van der Waals surface area (Å²) in [4.78, 5) is 39.4. The van der Waals surface area contributed by atoms with Crippen LogP contribution in [0.5, 0.6) is 0 Å². The maximum Gasteiger partial charge on any atom is 0.355 e. The van der Waals surface area contributed by atoms with Gasteiger partial charge in [-0.1, -0.05) is 23.7 Å². The van der Waals surface area contributed by atoms with Crippen LogP contribution >= 0.6 is 11.6 Å². The van der Waals surface area contributed by atoms with Crippen molar-refractivity contribution < 1.29 is 28.2 Å². The molecule has 1 N–H and O–H groups in total. The van der Waals surface area contributed by atoms with Gasteiger partial charge in [0.2, 0.25) is 0 Å². The van der Waals surface area contributed by atoms with E-state index < -0.39 is 23.7 Å². The Morgan fingerprint density at radius 3 is 2.44 bits per heavy atom. The van der Waals surface area contributed by atoms with Crippen LogP contribution in [0.1, 0.15) is 10.4 Å². The van der Waals surface area contributed by atoms with Crippen molar-refractivity contribution in [2.45, 2.75) is 0 Å². The fourth-order valence-corrected chi connectivity index (χ4v) is 3.19. The molecular formula is C23H18ClFN2O5. The van der Waals surface area contributed by atoms with Gasteiger partial charge in [0.1, 0.15) is 11.5 Å². The van der Waals surface area contributed by atoms with Crippen LogP contribution in [0.2, 0.25) is 5.02 Å². The number of rotatable bonds is 5. The quantitative estimate of drug-likeness (QED) is 0.678. The monoisotopic (exact) mass is 456 g/mol. The Bertz CT molecular complexity index is 1170. The fraction of sp³-hybridized carbons (Fsp3) is 0.0870. The van der Waals surface area contributed by atoms with Crippen molar-refractivity contribution in [2.75, 3.05) is 24.4 Å². The molecule has 2 aromatic carbocycles. The van der Waals surface area contributed by atoms with Gasteiger partial charge in [-0.05, 0) is 48.6 Å². The van der Waals surface area contributed by atoms with Gasteiger partial charge < -0.3 is 19.7 Å². The predicted octanol–water partition coefficient (Wildman–Crippen LogP) is 4.22. The molecule has 0 bridgehead atoms. The molecule has 164 valence electrons. The maximum absolute atomic E-state index is 13.5. The number of nitrogens with one attached hydrogen (secondary N) is 1. The first-order chi connectivity index (χ1) is 15.3. The van der Waals surface area contributed by atoms with Crippen molar-refractivity contribution in [3.63, 3.8) is 0 Å². The number of benzene rings is 2. The number of anilines is 2. The topological polar surface area (TPSA) is 84.9 Å². The first-order valence-corrected chi connectivity index (χ1v) is 9.65. The molecule has 1 amide bonds. The van der Waals surface area contributed by atoms with Crippen molar-refractivity contribution in [2.24, 2.45) is 0 Å². The molecule has 0 spiro atoms. The average molecular weight is 457 g/mol. The lowest BCUT2D eigenvalue weighted by Crippen LogP contribution is -2.28. The summed E-state index contributed by atoms with van der Waals surface area (Å²) in [7, 11) is 2.35. The Morgan fingerprint density at radius 1 is 1.00 bits per heavy atom. The van der Waals surface area contributed by atoms with Gasteiger partial charge in [0.25, 0.3) is 5.91 Å². The lowest BCUT2D eigenvalue weighted by molar-refractivity contribution is -0.139. The van der Waals surface area contributed by atoms with Gasteiger partial charge in [-0.25, -0.2) is 14.0 Å². The Labute approximate surface area is 188 Å². The lowest BCUT2D eigenvalue weighted by atomic mass is 10.1. The second-order valence-corrected chi connectivity index (χ2v) is 6.88. The number of hydrogen-bond acceptors (Lipinski definition) is 6. The molecule has 9 heteroatoms. The minimum atomic E-state index is -0.826. The minimum Gasteiger partial charge on any atom is -0.465 e. The molecule has 0 saturated carbocycles. The standard InChI is InChI=1S/C23H18ClFN2O5/c1-31-22(29)17-8-3-4-11-27(20(17)23(30)32-2)19-10-9-14(24)12-18(19)21(28)26-16-7-5-6-15(25)13-16/h3-13H,1-2H3,(H,26,28). The van der Waals surface area contributed by atoms with Gasteiger partial charge in [-0.15, -0.1) is 0 Å². The van der Waals surface area contributed by atoms with E-state index in [2.05, 4.69) is 5.32 Å². The molecule has 0 fully saturated rings. The van der Waals surface area contributed by atoms with Gasteiger partial charge in [0, 0.05) is 16.9 Å². The molecule has 0 aromatic heterocycles. The number of esters is 2. The summed E-state index contributed by atoms with van der Waals surface area (Å²) in [5.74, 6) is -2.72. The number of carbonyl (C=O) groups is 3. The van der Waals surface area contributed by atoms with E-state index in [-0.39, 0.29) is 33.2 Å². The predicted molar refractivity (Wildman–Crippen MR) is 118 cm³/mol. The zero-order chi connectivity index (χ0) is 23.3. The van der Waals surface area contributed by atoms with Gasteiger partial charge in [0.15, 0.2) is 0 Å². The third-order valence-electron chi connectivity index (χ3n) is 4.43. The van der Waals surface area contributed by atoms with Gasteiger partial charge >= 0.3 is 11.9 Å². The van der Waals surface area contributed by atoms with Gasteiger partial charge in [-0.2, -0.15) is 0 Å². The van der Waals surface area contributed by atoms with Gasteiger partial charge in [0.05, 0.1) is 31.0 Å². The molecule has 0 aliphatic carbocycles. The highest BCUT2D eigenvalue weighted by atomic mass is 35.5. The first kappa shape index (κ1) is 22.8. The molecule has 1 aliphatic rings. The van der Waals surface area contributed by atoms with Crippen LogP contribution < -0.4 is 10.2 Å². The van der Waals surface area contributed by atoms with E-state index in [0.717, 1.165) is 6.07 Å². The molecule has 0 radical (unpaired) electrons. The lowest BCUT2D eigenvalue weighted by Gasteiger charge is -2.25. The van der Waals surface area contributed by atoms with Crippen LogP contribution in [0, 0.1) is 5.82 Å². The summed E-state index contributed by atoms with van der Waals surface area (Å²) in [5, 5.41) is 2.85. The smallest absolute Gasteiger partial charge is 0.355 e. The van der Waals surface area contributed by atoms with E-state index in [0.29, 0.717) is 0 Å². The maximum atomic E-state index is 13.5. The largest absolute Gasteiger partial charge is 0.465 e. The molecule has 0 atom stereocenters. The molecule has 0 unspecified atom stereocenters. The van der Waals surface area contributed by atoms with Crippen LogP contribution in [0.15, 0.2) is 78.2 Å². The number of amides is 1. The number of nitrogens with zero attached hydrogens (tertiary/aromatic N) is 1. The Morgan fingerprint density at radius 2 is 1.75 bits per heavy atom. The summed E-state index contributed by atoms with van der Waals surface area (Å²) >= 11 is 6.12. The van der Waals surface area contributed by atoms with Crippen molar-refractivity contribution in [1.29, 1.82) is 0 Å². The molecular weight excluding hydrogens is 439 g/mol. The normalized spacial score (nSPS) is 12.9. The van der Waals surface area contributed by atoms with E-state index >= 15 is 0 Å². The number of allylic oxidation sites excluding steroid dienone is 2. The summed E-state index contributed by atoms with van der Waals surface area (Å²) < 4.78 is 23.2. The van der Waals surface area contributed by atoms with E-state index in [1.807, 2.05) is 0 Å². The van der Waals surface area contributed by atoms with Gasteiger partial charge in [-0.3, -0.25) is 4.79 Å².